The van der Waals surface area contributed by atoms with Crippen molar-refractivity contribution in [2.45, 2.75) is 0 Å². The summed E-state index contributed by atoms with van der Waals surface area (Å²) < 4.78 is 0.0468. The molecule has 0 spiro atoms. The zero-order valence-corrected chi connectivity index (χ0v) is 12.8. The number of nitrogens with zero attached hydrogens (tertiary/aromatic N) is 2. The number of oxime groups is 1. The van der Waals surface area contributed by atoms with Gasteiger partial charge in [-0.1, -0.05) is 28.1 Å². The average Bonchev–Trinajstić information content (AvgIpc) is 2.74. The highest BCUT2D eigenvalue weighted by molar-refractivity contribution is 7.20. The minimum absolute atomic E-state index is 0.0376. The van der Waals surface area contributed by atoms with E-state index < -0.39 is 17.6 Å². The molecule has 0 radical (unpaired) electrons. The smallest absolute Gasteiger partial charge is 0.360 e. The molecule has 2 N–H and O–H groups in total. The summed E-state index contributed by atoms with van der Waals surface area (Å²) in [5, 5.41) is 14.9. The third-order valence-corrected chi connectivity index (χ3v) is 3.27. The molecule has 0 saturated heterocycles. The molecule has 0 aliphatic heterocycles. The molecule has 0 fully saturated rings. The maximum atomic E-state index is 11.1. The van der Waals surface area contributed by atoms with Crippen molar-refractivity contribution < 1.29 is 19.5 Å². The van der Waals surface area contributed by atoms with Crippen LogP contribution in [0, 0.1) is 0 Å². The lowest BCUT2D eigenvalue weighted by Gasteiger charge is -1.99. The van der Waals surface area contributed by atoms with Crippen LogP contribution >= 0.6 is 46.1 Å². The first-order chi connectivity index (χ1) is 9.49. The first kappa shape index (κ1) is 17.0. The van der Waals surface area contributed by atoms with Crippen LogP contribution in [-0.4, -0.2) is 46.0 Å². The van der Waals surface area contributed by atoms with Gasteiger partial charge in [-0.3, -0.25) is 4.79 Å². The molecule has 1 aromatic heterocycles. The summed E-state index contributed by atoms with van der Waals surface area (Å²) in [5.41, 5.74) is -0.591. The summed E-state index contributed by atoms with van der Waals surface area (Å²) in [6.45, 7) is 0.0376. The minimum atomic E-state index is -1.37. The van der Waals surface area contributed by atoms with Crippen LogP contribution in [0.15, 0.2) is 5.16 Å². The van der Waals surface area contributed by atoms with Gasteiger partial charge < -0.3 is 15.3 Å². The highest BCUT2D eigenvalue weighted by Gasteiger charge is 2.22. The zero-order valence-electron chi connectivity index (χ0n) is 9.73. The number of carbonyl (C=O) groups is 2. The molecule has 0 atom stereocenters. The lowest BCUT2D eigenvalue weighted by Crippen LogP contribution is -2.17. The monoisotopic (exact) mass is 359 g/mol. The van der Waals surface area contributed by atoms with Gasteiger partial charge in [0, 0.05) is 0 Å². The average molecular weight is 361 g/mol. The number of carboxylic acid groups (broad SMARTS) is 1. The molecule has 0 aromatic carbocycles. The van der Waals surface area contributed by atoms with Crippen LogP contribution in [0.1, 0.15) is 5.69 Å². The molecule has 1 rings (SSSR count). The number of amides is 1. The number of thiazole rings is 1. The fraction of sp³-hybridized carbons (Fsp3) is 0.333. The number of aliphatic carboxylic acids is 1. The maximum Gasteiger partial charge on any atom is 0.360 e. The molecule has 0 bridgehead atoms. The predicted octanol–water partition coefficient (Wildman–Crippen LogP) is 2.02. The van der Waals surface area contributed by atoms with E-state index >= 15 is 0 Å². The second-order valence-electron chi connectivity index (χ2n) is 3.09. The van der Waals surface area contributed by atoms with E-state index in [0.717, 1.165) is 11.3 Å². The number of nitrogens with one attached hydrogen (secondary N) is 1. The van der Waals surface area contributed by atoms with E-state index in [-0.39, 0.29) is 33.5 Å². The number of alkyl halides is 2. The zero-order chi connectivity index (χ0) is 15.1. The van der Waals surface area contributed by atoms with Gasteiger partial charge >= 0.3 is 5.97 Å². The topological polar surface area (TPSA) is 101 Å². The molecule has 110 valence electrons. The summed E-state index contributed by atoms with van der Waals surface area (Å²) in [6.07, 6.45) is 0. The van der Waals surface area contributed by atoms with Crippen molar-refractivity contribution in [3.63, 3.8) is 0 Å². The van der Waals surface area contributed by atoms with Gasteiger partial charge in [-0.2, -0.15) is 0 Å². The molecular formula is C9H8Cl3N3O4S. The Balaban J connectivity index is 3.00. The molecule has 1 amide bonds. The number of aromatic nitrogens is 1. The van der Waals surface area contributed by atoms with E-state index in [0.29, 0.717) is 0 Å². The molecule has 0 unspecified atom stereocenters. The lowest BCUT2D eigenvalue weighted by molar-refractivity contribution is -0.129. The molecule has 0 aliphatic rings. The first-order valence-corrected chi connectivity index (χ1v) is 7.27. The number of rotatable bonds is 7. The summed E-state index contributed by atoms with van der Waals surface area (Å²) in [6, 6.07) is 0. The van der Waals surface area contributed by atoms with Gasteiger partial charge in [0.2, 0.25) is 11.6 Å². The number of carboxylic acids is 1. The Kier molecular flexibility index (Phi) is 7.00. The SMILES string of the molecule is O=C(CCl)Nc1nc(C(=NOCCCl)C(=O)O)c(Cl)s1. The van der Waals surface area contributed by atoms with Crippen molar-refractivity contribution in [1.82, 2.24) is 4.98 Å². The number of anilines is 1. The molecule has 20 heavy (non-hydrogen) atoms. The first-order valence-electron chi connectivity index (χ1n) is 5.01. The van der Waals surface area contributed by atoms with Crippen molar-refractivity contribution in [1.29, 1.82) is 0 Å². The van der Waals surface area contributed by atoms with Crippen molar-refractivity contribution in [2.75, 3.05) is 23.7 Å². The fourth-order valence-corrected chi connectivity index (χ4v) is 2.18. The number of hydrogen-bond acceptors (Lipinski definition) is 6. The summed E-state index contributed by atoms with van der Waals surface area (Å²) in [4.78, 5) is 30.8. The Bertz CT molecular complexity index is 535. The molecule has 1 aromatic rings. The Morgan fingerprint density at radius 1 is 1.45 bits per heavy atom. The molecule has 1 heterocycles. The van der Waals surface area contributed by atoms with E-state index in [9.17, 15) is 9.59 Å². The van der Waals surface area contributed by atoms with E-state index in [2.05, 4.69) is 15.5 Å². The number of halogens is 3. The minimum Gasteiger partial charge on any atom is -0.476 e. The van der Waals surface area contributed by atoms with E-state index in [1.165, 1.54) is 0 Å². The third kappa shape index (κ3) is 4.78. The maximum absolute atomic E-state index is 11.1. The van der Waals surface area contributed by atoms with Crippen LogP contribution in [0.2, 0.25) is 4.34 Å². The second kappa shape index (κ2) is 8.25. The number of carbonyl (C=O) groups excluding carboxylic acids is 1. The lowest BCUT2D eigenvalue weighted by atomic mass is 10.3. The predicted molar refractivity (Wildman–Crippen MR) is 77.3 cm³/mol. The van der Waals surface area contributed by atoms with E-state index in [1.807, 2.05) is 0 Å². The van der Waals surface area contributed by atoms with Crippen LogP contribution in [0.3, 0.4) is 0 Å². The van der Waals surface area contributed by atoms with Crippen LogP contribution in [0.4, 0.5) is 5.13 Å². The van der Waals surface area contributed by atoms with Crippen LogP contribution < -0.4 is 5.32 Å². The van der Waals surface area contributed by atoms with Gasteiger partial charge in [-0.25, -0.2) is 9.78 Å². The molecule has 0 aliphatic carbocycles. The van der Waals surface area contributed by atoms with E-state index in [1.54, 1.807) is 0 Å². The molecule has 0 saturated carbocycles. The van der Waals surface area contributed by atoms with Crippen molar-refractivity contribution in [2.24, 2.45) is 5.16 Å². The van der Waals surface area contributed by atoms with Gasteiger partial charge in [0.15, 0.2) is 5.13 Å². The van der Waals surface area contributed by atoms with Gasteiger partial charge in [-0.05, 0) is 0 Å². The Morgan fingerprint density at radius 2 is 2.15 bits per heavy atom. The Labute approximate surface area is 132 Å². The van der Waals surface area contributed by atoms with Crippen LogP contribution in [0.5, 0.6) is 0 Å². The Hall–Kier alpha value is -1.09. The summed E-state index contributed by atoms with van der Waals surface area (Å²) >= 11 is 17.5. The highest BCUT2D eigenvalue weighted by Crippen LogP contribution is 2.28. The van der Waals surface area contributed by atoms with Gasteiger partial charge in [0.25, 0.3) is 0 Å². The van der Waals surface area contributed by atoms with Gasteiger partial charge in [0.1, 0.15) is 22.5 Å². The number of hydrogen-bond donors (Lipinski definition) is 2. The van der Waals surface area contributed by atoms with Gasteiger partial charge in [-0.15, -0.1) is 23.2 Å². The largest absolute Gasteiger partial charge is 0.476 e. The molecule has 7 nitrogen and oxygen atoms in total. The quantitative estimate of drug-likeness (QED) is 0.335. The van der Waals surface area contributed by atoms with Crippen LogP contribution in [0.25, 0.3) is 0 Å². The Morgan fingerprint density at radius 3 is 2.70 bits per heavy atom. The van der Waals surface area contributed by atoms with Crippen molar-refractivity contribution >= 4 is 68.9 Å². The van der Waals surface area contributed by atoms with Crippen molar-refractivity contribution in [3.8, 4) is 0 Å². The summed E-state index contributed by atoms with van der Waals surface area (Å²) in [5.74, 6) is -1.97. The van der Waals surface area contributed by atoms with Crippen LogP contribution in [-0.2, 0) is 14.4 Å². The second-order valence-corrected chi connectivity index (χ2v) is 5.34. The van der Waals surface area contributed by atoms with Crippen molar-refractivity contribution in [3.05, 3.63) is 10.0 Å². The van der Waals surface area contributed by atoms with Gasteiger partial charge in [0.05, 0.1) is 5.88 Å². The fourth-order valence-electron chi connectivity index (χ4n) is 0.982. The highest BCUT2D eigenvalue weighted by atomic mass is 35.5. The normalized spacial score (nSPS) is 11.2. The summed E-state index contributed by atoms with van der Waals surface area (Å²) in [7, 11) is 0. The molecule has 11 heteroatoms. The molecular weight excluding hydrogens is 353 g/mol. The third-order valence-electron chi connectivity index (χ3n) is 1.70. The standard InChI is InChI=1S/C9H8Cl3N3O4S/c10-1-2-19-15-6(8(17)18)5-7(12)20-9(14-5)13-4(16)3-11/h1-3H2,(H,17,18)(H,13,14,16). The van der Waals surface area contributed by atoms with E-state index in [4.69, 9.17) is 44.7 Å².